The minimum atomic E-state index is 0.718. The average molecular weight is 335 g/mol. The van der Waals surface area contributed by atoms with Gasteiger partial charge in [0, 0.05) is 9.13 Å². The fraction of sp³-hybridized carbons (Fsp3) is 0.0714. The predicted octanol–water partition coefficient (Wildman–Crippen LogP) is 3.74. The number of nitriles is 1. The Kier molecular flexibility index (Phi) is 3.99. The van der Waals surface area contributed by atoms with Gasteiger partial charge in [-0.1, -0.05) is 18.2 Å². The van der Waals surface area contributed by atoms with Gasteiger partial charge in [0.1, 0.15) is 12.4 Å². The lowest BCUT2D eigenvalue weighted by molar-refractivity contribution is 0.243. The molecule has 2 nitrogen and oxygen atoms in total. The van der Waals surface area contributed by atoms with E-state index in [-0.39, 0.29) is 0 Å². The van der Waals surface area contributed by atoms with Gasteiger partial charge in [0.05, 0.1) is 11.6 Å². The first kappa shape index (κ1) is 11.9. The Morgan fingerprint density at radius 3 is 2.18 bits per heavy atom. The van der Waals surface area contributed by atoms with Crippen molar-refractivity contribution in [3.05, 3.63) is 63.2 Å². The Bertz CT molecular complexity index is 520. The van der Waals surface area contributed by atoms with Gasteiger partial charge in [0.2, 0.25) is 0 Å². The normalized spacial score (nSPS) is 10.8. The first-order chi connectivity index (χ1) is 8.29. The van der Waals surface area contributed by atoms with Crippen LogP contribution in [0.1, 0.15) is 11.1 Å². The Hall–Kier alpha value is -1.54. The topological polar surface area (TPSA) is 33.0 Å². The summed E-state index contributed by atoms with van der Waals surface area (Å²) in [7, 11) is 0. The van der Waals surface area contributed by atoms with Crippen LogP contribution in [0.5, 0.6) is 5.75 Å². The molecule has 2 aromatic rings. The Balaban J connectivity index is 0.000000127. The minimum absolute atomic E-state index is 0.718. The van der Waals surface area contributed by atoms with Crippen LogP contribution in [0.15, 0.2) is 48.5 Å². The lowest BCUT2D eigenvalue weighted by Crippen LogP contribution is -2.07. The molecule has 0 N–H and O–H groups in total. The lowest BCUT2D eigenvalue weighted by Gasteiger charge is -2.18. The number of para-hydroxylation sites is 1. The van der Waals surface area contributed by atoms with Gasteiger partial charge < -0.3 is 4.74 Å². The molecule has 0 unspecified atom stereocenters. The third kappa shape index (κ3) is 3.21. The van der Waals surface area contributed by atoms with Crippen LogP contribution in [0.25, 0.3) is 0 Å². The first-order valence-electron chi connectivity index (χ1n) is 5.16. The Morgan fingerprint density at radius 2 is 1.76 bits per heavy atom. The van der Waals surface area contributed by atoms with Crippen LogP contribution in [-0.2, 0) is 6.61 Å². The van der Waals surface area contributed by atoms with Gasteiger partial charge in [-0.25, -0.2) is 0 Å². The molecule has 1 aliphatic rings. The minimum Gasteiger partial charge on any atom is -0.488 e. The van der Waals surface area contributed by atoms with Crippen molar-refractivity contribution in [1.29, 1.82) is 5.26 Å². The fourth-order valence-electron chi connectivity index (χ4n) is 1.36. The molecule has 0 fully saturated rings. The molecule has 0 saturated carbocycles. The summed E-state index contributed by atoms with van der Waals surface area (Å²) < 4.78 is 6.24. The maximum absolute atomic E-state index is 8.38. The summed E-state index contributed by atoms with van der Waals surface area (Å²) in [5.41, 5.74) is 2.04. The zero-order valence-electron chi connectivity index (χ0n) is 9.06. The molecule has 3 rings (SSSR count). The SMILES string of the molecule is N#Cc1ccc(I)cc1.c1ccc2c(c1)CO2. The number of hydrogen-bond donors (Lipinski definition) is 0. The van der Waals surface area contributed by atoms with Crippen molar-refractivity contribution in [1.82, 2.24) is 0 Å². The highest BCUT2D eigenvalue weighted by molar-refractivity contribution is 14.1. The zero-order valence-corrected chi connectivity index (χ0v) is 11.2. The highest BCUT2D eigenvalue weighted by Crippen LogP contribution is 2.27. The van der Waals surface area contributed by atoms with Gasteiger partial charge in [0.15, 0.2) is 0 Å². The summed E-state index contributed by atoms with van der Waals surface area (Å²) in [5, 5.41) is 8.38. The molecule has 0 atom stereocenters. The van der Waals surface area contributed by atoms with E-state index in [1.165, 1.54) is 5.56 Å². The monoisotopic (exact) mass is 335 g/mol. The molecule has 84 valence electrons. The zero-order chi connectivity index (χ0) is 12.1. The molecule has 0 spiro atoms. The summed E-state index contributed by atoms with van der Waals surface area (Å²) in [4.78, 5) is 0. The molecule has 0 amide bonds. The number of ether oxygens (including phenoxy) is 1. The van der Waals surface area contributed by atoms with Crippen LogP contribution in [0.3, 0.4) is 0 Å². The van der Waals surface area contributed by atoms with E-state index in [1.54, 1.807) is 0 Å². The van der Waals surface area contributed by atoms with Crippen molar-refractivity contribution in [3.63, 3.8) is 0 Å². The summed E-state index contributed by atoms with van der Waals surface area (Å²) in [6, 6.07) is 17.6. The maximum atomic E-state index is 8.38. The third-order valence-electron chi connectivity index (χ3n) is 2.33. The number of rotatable bonds is 0. The van der Waals surface area contributed by atoms with E-state index in [0.29, 0.717) is 0 Å². The van der Waals surface area contributed by atoms with E-state index < -0.39 is 0 Å². The van der Waals surface area contributed by atoms with Gasteiger partial charge in [-0.2, -0.15) is 5.26 Å². The molecule has 0 bridgehead atoms. The van der Waals surface area contributed by atoms with Crippen molar-refractivity contribution in [2.24, 2.45) is 0 Å². The molecule has 0 radical (unpaired) electrons. The first-order valence-corrected chi connectivity index (χ1v) is 6.24. The Labute approximate surface area is 114 Å². The number of fused-ring (bicyclic) bond motifs is 1. The second kappa shape index (κ2) is 5.69. The van der Waals surface area contributed by atoms with Crippen LogP contribution in [0.2, 0.25) is 0 Å². The molecular weight excluding hydrogens is 325 g/mol. The van der Waals surface area contributed by atoms with Crippen molar-refractivity contribution in [2.45, 2.75) is 6.61 Å². The molecule has 17 heavy (non-hydrogen) atoms. The molecule has 2 aromatic carbocycles. The summed E-state index contributed by atoms with van der Waals surface area (Å²) in [5.74, 6) is 1.05. The van der Waals surface area contributed by atoms with Crippen molar-refractivity contribution in [3.8, 4) is 11.8 Å². The molecule has 0 aliphatic carbocycles. The van der Waals surface area contributed by atoms with Crippen molar-refractivity contribution in [2.75, 3.05) is 0 Å². The molecule has 0 aromatic heterocycles. The van der Waals surface area contributed by atoms with Crippen LogP contribution < -0.4 is 4.74 Å². The number of halogens is 1. The number of hydrogen-bond acceptors (Lipinski definition) is 2. The lowest BCUT2D eigenvalue weighted by atomic mass is 10.1. The highest BCUT2D eigenvalue weighted by atomic mass is 127. The van der Waals surface area contributed by atoms with Crippen molar-refractivity contribution < 1.29 is 4.74 Å². The summed E-state index contributed by atoms with van der Waals surface area (Å²) in [6.45, 7) is 0.802. The van der Waals surface area contributed by atoms with E-state index in [0.717, 1.165) is 21.5 Å². The van der Waals surface area contributed by atoms with Gasteiger partial charge in [-0.15, -0.1) is 0 Å². The fourth-order valence-corrected chi connectivity index (χ4v) is 1.72. The van der Waals surface area contributed by atoms with Crippen molar-refractivity contribution >= 4 is 22.6 Å². The number of benzene rings is 2. The summed E-state index contributed by atoms with van der Waals surface area (Å²) in [6.07, 6.45) is 0. The predicted molar refractivity (Wildman–Crippen MR) is 74.6 cm³/mol. The average Bonchev–Trinajstić information content (AvgIpc) is 2.33. The molecule has 3 heteroatoms. The van der Waals surface area contributed by atoms with Crippen LogP contribution in [-0.4, -0.2) is 0 Å². The van der Waals surface area contributed by atoms with E-state index >= 15 is 0 Å². The van der Waals surface area contributed by atoms with E-state index in [9.17, 15) is 0 Å². The molecular formula is C14H10INO. The van der Waals surface area contributed by atoms with E-state index in [1.807, 2.05) is 42.5 Å². The summed E-state index contributed by atoms with van der Waals surface area (Å²) >= 11 is 2.20. The number of nitrogens with zero attached hydrogens (tertiary/aromatic N) is 1. The van der Waals surface area contributed by atoms with E-state index in [2.05, 4.69) is 34.7 Å². The Morgan fingerprint density at radius 1 is 1.06 bits per heavy atom. The second-order valence-corrected chi connectivity index (χ2v) is 4.76. The smallest absolute Gasteiger partial charge is 0.126 e. The largest absolute Gasteiger partial charge is 0.488 e. The van der Waals surface area contributed by atoms with Gasteiger partial charge in [0.25, 0.3) is 0 Å². The van der Waals surface area contributed by atoms with E-state index in [4.69, 9.17) is 10.00 Å². The molecule has 0 saturated heterocycles. The van der Waals surface area contributed by atoms with Crippen LogP contribution >= 0.6 is 22.6 Å². The maximum Gasteiger partial charge on any atom is 0.126 e. The van der Waals surface area contributed by atoms with Crippen LogP contribution in [0.4, 0.5) is 0 Å². The van der Waals surface area contributed by atoms with Gasteiger partial charge in [-0.05, 0) is 52.9 Å². The second-order valence-electron chi connectivity index (χ2n) is 3.52. The molecule has 1 heterocycles. The van der Waals surface area contributed by atoms with Gasteiger partial charge in [-0.3, -0.25) is 0 Å². The van der Waals surface area contributed by atoms with Crippen LogP contribution in [0, 0.1) is 14.9 Å². The molecule has 1 aliphatic heterocycles. The third-order valence-corrected chi connectivity index (χ3v) is 3.05. The quantitative estimate of drug-likeness (QED) is 0.687. The highest BCUT2D eigenvalue weighted by Gasteiger charge is 2.10. The van der Waals surface area contributed by atoms with Gasteiger partial charge >= 0.3 is 0 Å². The standard InChI is InChI=1S/C7H4IN.C7H6O/c8-7-3-1-6(5-9)2-4-7;1-2-4-7-6(3-1)5-8-7/h1-4H;1-4H,5H2.